The van der Waals surface area contributed by atoms with Gasteiger partial charge in [-0.3, -0.25) is 9.59 Å². The zero-order valence-electron chi connectivity index (χ0n) is 12.3. The lowest BCUT2D eigenvalue weighted by atomic mass is 10.3. The molecule has 2 aromatic rings. The van der Waals surface area contributed by atoms with Crippen LogP contribution in [0.3, 0.4) is 0 Å². The summed E-state index contributed by atoms with van der Waals surface area (Å²) >= 11 is 1.09. The lowest BCUT2D eigenvalue weighted by Gasteiger charge is -2.09. The summed E-state index contributed by atoms with van der Waals surface area (Å²) in [5.74, 6) is -0.321. The molecule has 0 atom stereocenters. The minimum Gasteiger partial charge on any atom is -0.495 e. The molecule has 1 aromatic carbocycles. The molecule has 2 amide bonds. The van der Waals surface area contributed by atoms with E-state index < -0.39 is 5.91 Å². The lowest BCUT2D eigenvalue weighted by molar-refractivity contribution is -0.113. The standard InChI is InChI=1S/C14H15N5O3S/c1-22-10-5-3-2-4-9(10)18-11(20)7-23-14-17-6-8(13(16)21)12(15)19-14/h2-6H,7H2,1H3,(H2,16,21)(H,18,20)(H2,15,17,19). The Balaban J connectivity index is 1.97. The summed E-state index contributed by atoms with van der Waals surface area (Å²) in [5, 5.41) is 3.01. The van der Waals surface area contributed by atoms with Crippen LogP contribution in [0.2, 0.25) is 0 Å². The van der Waals surface area contributed by atoms with Crippen molar-refractivity contribution in [1.29, 1.82) is 0 Å². The van der Waals surface area contributed by atoms with Gasteiger partial charge in [-0.25, -0.2) is 9.97 Å². The Morgan fingerprint density at radius 2 is 2.09 bits per heavy atom. The molecule has 120 valence electrons. The number of nitrogens with zero attached hydrogens (tertiary/aromatic N) is 2. The van der Waals surface area contributed by atoms with Crippen LogP contribution in [0.15, 0.2) is 35.6 Å². The summed E-state index contributed by atoms with van der Waals surface area (Å²) in [6.45, 7) is 0. The van der Waals surface area contributed by atoms with E-state index in [-0.39, 0.29) is 28.2 Å². The topological polar surface area (TPSA) is 133 Å². The molecule has 0 fully saturated rings. The number of carbonyl (C=O) groups is 2. The second kappa shape index (κ2) is 7.45. The van der Waals surface area contributed by atoms with Gasteiger partial charge < -0.3 is 21.5 Å². The molecular weight excluding hydrogens is 318 g/mol. The van der Waals surface area contributed by atoms with E-state index in [9.17, 15) is 9.59 Å². The SMILES string of the molecule is COc1ccccc1NC(=O)CSc1ncc(C(N)=O)c(N)n1. The second-order valence-electron chi connectivity index (χ2n) is 4.35. The van der Waals surface area contributed by atoms with Crippen molar-refractivity contribution in [3.05, 3.63) is 36.0 Å². The molecule has 0 aliphatic carbocycles. The van der Waals surface area contributed by atoms with Crippen LogP contribution in [-0.2, 0) is 4.79 Å². The molecular formula is C14H15N5O3S. The minimum absolute atomic E-state index is 0.0138. The number of hydrogen-bond donors (Lipinski definition) is 3. The quantitative estimate of drug-likeness (QED) is 0.528. The number of para-hydroxylation sites is 2. The van der Waals surface area contributed by atoms with Gasteiger partial charge in [-0.15, -0.1) is 0 Å². The maximum Gasteiger partial charge on any atom is 0.254 e. The van der Waals surface area contributed by atoms with E-state index in [1.807, 2.05) is 0 Å². The third kappa shape index (κ3) is 4.33. The maximum absolute atomic E-state index is 12.0. The Bertz CT molecular complexity index is 738. The number of methoxy groups -OCH3 is 1. The van der Waals surface area contributed by atoms with Gasteiger partial charge in [0.2, 0.25) is 5.91 Å². The average Bonchev–Trinajstić information content (AvgIpc) is 2.53. The first kappa shape index (κ1) is 16.6. The molecule has 1 aromatic heterocycles. The number of nitrogens with one attached hydrogen (secondary N) is 1. The van der Waals surface area contributed by atoms with Gasteiger partial charge in [0, 0.05) is 6.20 Å². The van der Waals surface area contributed by atoms with Crippen LogP contribution in [0.25, 0.3) is 0 Å². The number of nitrogen functional groups attached to an aromatic ring is 1. The van der Waals surface area contributed by atoms with Crippen molar-refractivity contribution in [1.82, 2.24) is 9.97 Å². The first-order chi connectivity index (χ1) is 11.0. The number of thioether (sulfide) groups is 1. The number of amides is 2. The van der Waals surface area contributed by atoms with Crippen LogP contribution < -0.4 is 21.5 Å². The molecule has 0 saturated carbocycles. The van der Waals surface area contributed by atoms with E-state index >= 15 is 0 Å². The number of nitrogens with two attached hydrogens (primary N) is 2. The Labute approximate surface area is 136 Å². The molecule has 1 heterocycles. The van der Waals surface area contributed by atoms with Crippen LogP contribution in [0, 0.1) is 0 Å². The summed E-state index contributed by atoms with van der Waals surface area (Å²) in [6, 6.07) is 7.07. The van der Waals surface area contributed by atoms with Crippen molar-refractivity contribution >= 4 is 35.1 Å². The largest absolute Gasteiger partial charge is 0.495 e. The van der Waals surface area contributed by atoms with Gasteiger partial charge in [0.15, 0.2) is 5.16 Å². The number of primary amides is 1. The van der Waals surface area contributed by atoms with E-state index in [0.717, 1.165) is 11.8 Å². The summed E-state index contributed by atoms with van der Waals surface area (Å²) in [5.41, 5.74) is 11.3. The zero-order valence-corrected chi connectivity index (χ0v) is 13.1. The van der Waals surface area contributed by atoms with Gasteiger partial charge in [0.05, 0.1) is 24.1 Å². The number of ether oxygens (including phenoxy) is 1. The number of aromatic nitrogens is 2. The van der Waals surface area contributed by atoms with Crippen molar-refractivity contribution in [2.24, 2.45) is 5.73 Å². The lowest BCUT2D eigenvalue weighted by Crippen LogP contribution is -2.16. The van der Waals surface area contributed by atoms with Crippen LogP contribution in [0.1, 0.15) is 10.4 Å². The fourth-order valence-electron chi connectivity index (χ4n) is 1.70. The second-order valence-corrected chi connectivity index (χ2v) is 5.30. The van der Waals surface area contributed by atoms with Crippen molar-refractivity contribution in [3.63, 3.8) is 0 Å². The van der Waals surface area contributed by atoms with Gasteiger partial charge in [-0.2, -0.15) is 0 Å². The minimum atomic E-state index is -0.701. The van der Waals surface area contributed by atoms with Gasteiger partial charge in [0.25, 0.3) is 5.91 Å². The Morgan fingerprint density at radius 1 is 1.35 bits per heavy atom. The van der Waals surface area contributed by atoms with Crippen LogP contribution in [-0.4, -0.2) is 34.6 Å². The molecule has 23 heavy (non-hydrogen) atoms. The number of benzene rings is 1. The predicted molar refractivity (Wildman–Crippen MR) is 87.3 cm³/mol. The molecule has 0 radical (unpaired) electrons. The van der Waals surface area contributed by atoms with E-state index in [4.69, 9.17) is 16.2 Å². The molecule has 8 nitrogen and oxygen atoms in total. The third-order valence-electron chi connectivity index (χ3n) is 2.78. The molecule has 0 aliphatic heterocycles. The molecule has 2 rings (SSSR count). The first-order valence-corrected chi connectivity index (χ1v) is 7.47. The molecule has 0 spiro atoms. The van der Waals surface area contributed by atoms with Crippen LogP contribution in [0.4, 0.5) is 11.5 Å². The van der Waals surface area contributed by atoms with Crippen molar-refractivity contribution in [2.45, 2.75) is 5.16 Å². The maximum atomic E-state index is 12.0. The molecule has 0 aliphatic rings. The molecule has 0 saturated heterocycles. The monoisotopic (exact) mass is 333 g/mol. The smallest absolute Gasteiger partial charge is 0.254 e. The van der Waals surface area contributed by atoms with Crippen molar-refractivity contribution in [3.8, 4) is 5.75 Å². The Morgan fingerprint density at radius 3 is 2.74 bits per heavy atom. The number of carbonyl (C=O) groups excluding carboxylic acids is 2. The van der Waals surface area contributed by atoms with Crippen molar-refractivity contribution in [2.75, 3.05) is 23.9 Å². The normalized spacial score (nSPS) is 10.1. The van der Waals surface area contributed by atoms with Gasteiger partial charge in [-0.1, -0.05) is 23.9 Å². The third-order valence-corrected chi connectivity index (χ3v) is 3.64. The molecule has 0 bridgehead atoms. The number of hydrogen-bond acceptors (Lipinski definition) is 7. The Hall–Kier alpha value is -2.81. The molecule has 5 N–H and O–H groups in total. The summed E-state index contributed by atoms with van der Waals surface area (Å²) in [6.07, 6.45) is 1.24. The van der Waals surface area contributed by atoms with Gasteiger partial charge >= 0.3 is 0 Å². The van der Waals surface area contributed by atoms with Crippen LogP contribution in [0.5, 0.6) is 5.75 Å². The van der Waals surface area contributed by atoms with E-state index in [1.165, 1.54) is 13.3 Å². The number of anilines is 2. The number of rotatable bonds is 6. The highest BCUT2D eigenvalue weighted by Crippen LogP contribution is 2.23. The summed E-state index contributed by atoms with van der Waals surface area (Å²) < 4.78 is 5.15. The average molecular weight is 333 g/mol. The van der Waals surface area contributed by atoms with Crippen LogP contribution >= 0.6 is 11.8 Å². The van der Waals surface area contributed by atoms with E-state index in [2.05, 4.69) is 15.3 Å². The highest BCUT2D eigenvalue weighted by Gasteiger charge is 2.12. The fraction of sp³-hybridized carbons (Fsp3) is 0.143. The highest BCUT2D eigenvalue weighted by molar-refractivity contribution is 7.99. The molecule has 9 heteroatoms. The fourth-order valence-corrected chi connectivity index (χ4v) is 2.32. The van der Waals surface area contributed by atoms with E-state index in [0.29, 0.717) is 11.4 Å². The zero-order chi connectivity index (χ0) is 16.8. The summed E-state index contributed by atoms with van der Waals surface area (Å²) in [4.78, 5) is 30.9. The van der Waals surface area contributed by atoms with Gasteiger partial charge in [0.1, 0.15) is 11.6 Å². The van der Waals surface area contributed by atoms with Gasteiger partial charge in [-0.05, 0) is 12.1 Å². The van der Waals surface area contributed by atoms with Crippen molar-refractivity contribution < 1.29 is 14.3 Å². The molecule has 0 unspecified atom stereocenters. The Kier molecular flexibility index (Phi) is 5.36. The predicted octanol–water partition coefficient (Wildman–Crippen LogP) is 0.897. The first-order valence-electron chi connectivity index (χ1n) is 6.49. The van der Waals surface area contributed by atoms with E-state index in [1.54, 1.807) is 24.3 Å². The highest BCUT2D eigenvalue weighted by atomic mass is 32.2. The summed E-state index contributed by atoms with van der Waals surface area (Å²) in [7, 11) is 1.52.